The lowest BCUT2D eigenvalue weighted by Gasteiger charge is -2.34. The van der Waals surface area contributed by atoms with Gasteiger partial charge in [-0.2, -0.15) is 0 Å². The molecule has 6 heteroatoms. The van der Waals surface area contributed by atoms with E-state index < -0.39 is 5.97 Å². The molecule has 0 spiro atoms. The van der Waals surface area contributed by atoms with E-state index in [2.05, 4.69) is 78.6 Å². The molecule has 0 fully saturated rings. The molecule has 0 amide bonds. The zero-order valence-electron chi connectivity index (χ0n) is 18.1. The summed E-state index contributed by atoms with van der Waals surface area (Å²) in [7, 11) is 0. The monoisotopic (exact) mass is 465 g/mol. The van der Waals surface area contributed by atoms with E-state index in [4.69, 9.17) is 9.84 Å². The average molecular weight is 466 g/mol. The van der Waals surface area contributed by atoms with Gasteiger partial charge in [-0.15, -0.1) is 23.5 Å². The Bertz CT molecular complexity index is 1000. The number of fused-ring (bicyclic) bond motifs is 1. The number of carboxylic acids is 1. The first-order valence-corrected chi connectivity index (χ1v) is 12.7. The molecule has 0 saturated heterocycles. The lowest BCUT2D eigenvalue weighted by atomic mass is 9.92. The van der Waals surface area contributed by atoms with Gasteiger partial charge in [-0.3, -0.25) is 0 Å². The van der Waals surface area contributed by atoms with Gasteiger partial charge in [-0.1, -0.05) is 66.7 Å². The molecule has 4 rings (SSSR count). The largest absolute Gasteiger partial charge is 0.481 e. The lowest BCUT2D eigenvalue weighted by Crippen LogP contribution is -2.32. The second-order valence-electron chi connectivity index (χ2n) is 7.74. The van der Waals surface area contributed by atoms with E-state index in [1.807, 2.05) is 23.9 Å². The first-order chi connectivity index (χ1) is 15.6. The van der Waals surface area contributed by atoms with E-state index in [-0.39, 0.29) is 11.4 Å². The second-order valence-corrected chi connectivity index (χ2v) is 10.4. The minimum atomic E-state index is -0.960. The minimum absolute atomic E-state index is 0.137. The molecule has 1 heterocycles. The van der Waals surface area contributed by atoms with Crippen molar-refractivity contribution in [3.05, 3.63) is 90.0 Å². The van der Waals surface area contributed by atoms with Crippen LogP contribution in [0.4, 0.5) is 5.69 Å². The molecular formula is C26H27NO3S2. The summed E-state index contributed by atoms with van der Waals surface area (Å²) in [6.07, 6.45) is 0. The number of aliphatic carboxylic acids is 1. The van der Waals surface area contributed by atoms with Crippen molar-refractivity contribution in [1.29, 1.82) is 0 Å². The number of hydrogen-bond donors (Lipinski definition) is 1. The molecule has 0 bridgehead atoms. The second kappa shape index (κ2) is 10.4. The van der Waals surface area contributed by atoms with Crippen molar-refractivity contribution >= 4 is 35.2 Å². The topological polar surface area (TPSA) is 49.8 Å². The molecule has 1 N–H and O–H groups in total. The Balaban J connectivity index is 1.50. The third-order valence-electron chi connectivity index (χ3n) is 5.66. The van der Waals surface area contributed by atoms with Gasteiger partial charge in [0.1, 0.15) is 5.75 Å². The Morgan fingerprint density at radius 1 is 1.03 bits per heavy atom. The van der Waals surface area contributed by atoms with Crippen LogP contribution in [-0.2, 0) is 9.54 Å². The lowest BCUT2D eigenvalue weighted by molar-refractivity contribution is -0.139. The fraction of sp³-hybridized carbons (Fsp3) is 0.269. The van der Waals surface area contributed by atoms with Crippen LogP contribution in [0.25, 0.3) is 0 Å². The maximum Gasteiger partial charge on any atom is 0.341 e. The zero-order chi connectivity index (χ0) is 22.4. The van der Waals surface area contributed by atoms with E-state index in [1.165, 1.54) is 11.1 Å². The van der Waals surface area contributed by atoms with Crippen LogP contribution < -0.4 is 9.64 Å². The Morgan fingerprint density at radius 3 is 2.31 bits per heavy atom. The molecule has 1 aliphatic heterocycles. The molecule has 3 aromatic carbocycles. The fourth-order valence-corrected chi connectivity index (χ4v) is 6.42. The molecule has 0 aliphatic carbocycles. The minimum Gasteiger partial charge on any atom is -0.481 e. The number of benzene rings is 3. The molecule has 4 nitrogen and oxygen atoms in total. The summed E-state index contributed by atoms with van der Waals surface area (Å²) < 4.78 is 5.40. The van der Waals surface area contributed by atoms with Crippen molar-refractivity contribution in [1.82, 2.24) is 0 Å². The van der Waals surface area contributed by atoms with Crippen LogP contribution in [0.1, 0.15) is 18.1 Å². The van der Waals surface area contributed by atoms with Gasteiger partial charge in [0.05, 0.1) is 15.3 Å². The van der Waals surface area contributed by atoms with Crippen molar-refractivity contribution in [2.45, 2.75) is 16.6 Å². The third kappa shape index (κ3) is 5.08. The van der Waals surface area contributed by atoms with Crippen LogP contribution in [-0.4, -0.2) is 42.3 Å². The molecule has 3 aromatic rings. The summed E-state index contributed by atoms with van der Waals surface area (Å²) in [5.74, 6) is 1.62. The highest BCUT2D eigenvalue weighted by atomic mass is 32.2. The van der Waals surface area contributed by atoms with Gasteiger partial charge in [0.2, 0.25) is 0 Å². The van der Waals surface area contributed by atoms with E-state index in [1.54, 1.807) is 11.8 Å². The number of carboxylic acid groups (broad SMARTS) is 1. The van der Waals surface area contributed by atoms with Gasteiger partial charge >= 0.3 is 5.97 Å². The van der Waals surface area contributed by atoms with Crippen LogP contribution in [0.2, 0.25) is 0 Å². The van der Waals surface area contributed by atoms with E-state index in [0.717, 1.165) is 35.2 Å². The zero-order valence-corrected chi connectivity index (χ0v) is 19.7. The van der Waals surface area contributed by atoms with Crippen molar-refractivity contribution in [2.75, 3.05) is 36.1 Å². The first-order valence-electron chi connectivity index (χ1n) is 10.7. The van der Waals surface area contributed by atoms with Crippen molar-refractivity contribution in [3.8, 4) is 5.75 Å². The fourth-order valence-electron chi connectivity index (χ4n) is 3.97. The van der Waals surface area contributed by atoms with Crippen LogP contribution in [0.5, 0.6) is 5.75 Å². The maximum absolute atomic E-state index is 10.9. The number of hydrogen-bond acceptors (Lipinski definition) is 5. The van der Waals surface area contributed by atoms with E-state index >= 15 is 0 Å². The molecule has 0 unspecified atom stereocenters. The molecule has 0 atom stereocenters. The summed E-state index contributed by atoms with van der Waals surface area (Å²) in [6.45, 7) is 3.86. The Hall–Kier alpha value is -2.57. The molecule has 1 aliphatic rings. The Morgan fingerprint density at radius 2 is 1.69 bits per heavy atom. The smallest absolute Gasteiger partial charge is 0.341 e. The van der Waals surface area contributed by atoms with Crippen LogP contribution >= 0.6 is 23.5 Å². The highest BCUT2D eigenvalue weighted by Crippen LogP contribution is 2.44. The van der Waals surface area contributed by atoms with Crippen LogP contribution in [0, 0.1) is 0 Å². The van der Waals surface area contributed by atoms with E-state index in [0.29, 0.717) is 5.75 Å². The van der Waals surface area contributed by atoms with E-state index in [9.17, 15) is 4.79 Å². The van der Waals surface area contributed by atoms with Gasteiger partial charge in [-0.05, 0) is 30.2 Å². The summed E-state index contributed by atoms with van der Waals surface area (Å²) >= 11 is 3.70. The van der Waals surface area contributed by atoms with Gasteiger partial charge in [0.25, 0.3) is 0 Å². The highest BCUT2D eigenvalue weighted by Gasteiger charge is 2.30. The first kappa shape index (κ1) is 22.6. The predicted molar refractivity (Wildman–Crippen MR) is 134 cm³/mol. The number of carbonyl (C=O) groups is 1. The number of ether oxygens (including phenoxy) is 1. The highest BCUT2D eigenvalue weighted by molar-refractivity contribution is 8.00. The Kier molecular flexibility index (Phi) is 7.33. The number of nitrogens with zero attached hydrogens (tertiary/aromatic N) is 1. The molecule has 0 aromatic heterocycles. The molecule has 32 heavy (non-hydrogen) atoms. The summed E-state index contributed by atoms with van der Waals surface area (Å²) in [5, 5.41) is 8.97. The van der Waals surface area contributed by atoms with Crippen molar-refractivity contribution in [3.63, 3.8) is 0 Å². The maximum atomic E-state index is 10.9. The van der Waals surface area contributed by atoms with Crippen molar-refractivity contribution in [2.24, 2.45) is 0 Å². The summed E-state index contributed by atoms with van der Waals surface area (Å²) in [4.78, 5) is 14.4. The van der Waals surface area contributed by atoms with Gasteiger partial charge in [0.15, 0.2) is 6.61 Å². The molecule has 166 valence electrons. The number of thioether (sulfide) groups is 2. The number of anilines is 1. The van der Waals surface area contributed by atoms with Gasteiger partial charge < -0.3 is 14.7 Å². The Labute approximate surface area is 198 Å². The normalized spacial score (nSPS) is 13.5. The summed E-state index contributed by atoms with van der Waals surface area (Å²) in [6, 6.07) is 27.3. The van der Waals surface area contributed by atoms with Crippen molar-refractivity contribution < 1.29 is 14.6 Å². The standard InChI is InChI=1S/C26H27NO3S2/c1-26(20-9-4-2-5-10-20,21-11-6-3-7-12-21)32-18-16-27-15-17-31-25-22(27)13-8-14-23(25)30-19-24(28)29/h2-14H,15-19H2,1H3,(H,28,29). The molecule has 0 radical (unpaired) electrons. The van der Waals surface area contributed by atoms with Crippen LogP contribution in [0.3, 0.4) is 0 Å². The SMILES string of the molecule is CC(SCCN1CCSc2c(OCC(=O)O)cccc21)(c1ccccc1)c1ccccc1. The van der Waals surface area contributed by atoms with Crippen LogP contribution in [0.15, 0.2) is 83.8 Å². The predicted octanol–water partition coefficient (Wildman–Crippen LogP) is 5.76. The quantitative estimate of drug-likeness (QED) is 0.434. The average Bonchev–Trinajstić information content (AvgIpc) is 2.84. The summed E-state index contributed by atoms with van der Waals surface area (Å²) in [5.41, 5.74) is 3.73. The molecule has 0 saturated carbocycles. The number of rotatable bonds is 9. The van der Waals surface area contributed by atoms with Gasteiger partial charge in [0, 0.05) is 24.6 Å². The van der Waals surface area contributed by atoms with Gasteiger partial charge in [-0.25, -0.2) is 4.79 Å². The third-order valence-corrected chi connectivity index (χ3v) is 8.18. The molecular weight excluding hydrogens is 438 g/mol.